The van der Waals surface area contributed by atoms with Gasteiger partial charge in [0.05, 0.1) is 24.8 Å². The van der Waals surface area contributed by atoms with E-state index in [0.717, 1.165) is 17.7 Å². The summed E-state index contributed by atoms with van der Waals surface area (Å²) in [4.78, 5) is 12.1. The quantitative estimate of drug-likeness (QED) is 0.647. The number of carbonyl (C=O) groups is 1. The van der Waals surface area contributed by atoms with Crippen molar-refractivity contribution in [2.75, 3.05) is 19.8 Å². The number of ether oxygens (including phenoxy) is 3. The van der Waals surface area contributed by atoms with Gasteiger partial charge in [-0.15, -0.1) is 0 Å². The van der Waals surface area contributed by atoms with Crippen molar-refractivity contribution in [1.29, 1.82) is 0 Å². The Bertz CT molecular complexity index is 824. The summed E-state index contributed by atoms with van der Waals surface area (Å²) in [6, 6.07) is 9.40. The summed E-state index contributed by atoms with van der Waals surface area (Å²) in [5.41, 5.74) is -0.0362. The van der Waals surface area contributed by atoms with Gasteiger partial charge in [0, 0.05) is 0 Å². The third-order valence-corrected chi connectivity index (χ3v) is 3.98. The van der Waals surface area contributed by atoms with Gasteiger partial charge in [-0.05, 0) is 56.7 Å². The van der Waals surface area contributed by atoms with Crippen LogP contribution in [0.5, 0.6) is 17.2 Å². The zero-order valence-corrected chi connectivity index (χ0v) is 16.5. The molecule has 1 N–H and O–H groups in total. The number of nitrogens with one attached hydrogen (secondary N) is 1. The van der Waals surface area contributed by atoms with Crippen molar-refractivity contribution < 1.29 is 32.2 Å². The molecule has 0 fully saturated rings. The van der Waals surface area contributed by atoms with Crippen molar-refractivity contribution in [3.63, 3.8) is 0 Å². The van der Waals surface area contributed by atoms with E-state index in [9.17, 15) is 18.0 Å². The zero-order valence-electron chi connectivity index (χ0n) is 16.5. The third kappa shape index (κ3) is 6.58. The van der Waals surface area contributed by atoms with Crippen LogP contribution in [0.15, 0.2) is 42.5 Å². The summed E-state index contributed by atoms with van der Waals surface area (Å²) in [5, 5.41) is 2.75. The molecule has 0 heterocycles. The maximum Gasteiger partial charge on any atom is 0.416 e. The van der Waals surface area contributed by atoms with E-state index >= 15 is 0 Å². The van der Waals surface area contributed by atoms with Gasteiger partial charge in [0.25, 0.3) is 5.91 Å². The van der Waals surface area contributed by atoms with Gasteiger partial charge in [0.1, 0.15) is 5.75 Å². The smallest absolute Gasteiger partial charge is 0.416 e. The van der Waals surface area contributed by atoms with Crippen LogP contribution in [-0.2, 0) is 11.0 Å². The normalized spacial score (nSPS) is 12.2. The van der Waals surface area contributed by atoms with Crippen LogP contribution in [0.25, 0.3) is 0 Å². The molecule has 1 unspecified atom stereocenters. The van der Waals surface area contributed by atoms with Crippen LogP contribution in [0.2, 0.25) is 0 Å². The Kier molecular flexibility index (Phi) is 7.75. The van der Waals surface area contributed by atoms with Gasteiger partial charge in [0.15, 0.2) is 18.1 Å². The molecular formula is C21H24F3NO4. The first kappa shape index (κ1) is 22.4. The first-order valence-corrected chi connectivity index (χ1v) is 9.23. The fourth-order valence-electron chi connectivity index (χ4n) is 2.61. The minimum Gasteiger partial charge on any atom is -0.490 e. The van der Waals surface area contributed by atoms with E-state index in [4.69, 9.17) is 14.2 Å². The van der Waals surface area contributed by atoms with Gasteiger partial charge in [-0.1, -0.05) is 12.1 Å². The predicted molar refractivity (Wildman–Crippen MR) is 102 cm³/mol. The van der Waals surface area contributed by atoms with Crippen molar-refractivity contribution in [1.82, 2.24) is 5.32 Å². The van der Waals surface area contributed by atoms with Crippen LogP contribution < -0.4 is 19.5 Å². The standard InChI is InChI=1S/C21H24F3NO4/c1-4-27-18-10-9-15(11-19(18)28-5-2)14(3)25-20(26)13-29-17-8-6-7-16(12-17)21(22,23)24/h6-12,14H,4-5,13H2,1-3H3,(H,25,26). The first-order chi connectivity index (χ1) is 13.7. The summed E-state index contributed by atoms with van der Waals surface area (Å²) >= 11 is 0. The molecule has 0 saturated heterocycles. The highest BCUT2D eigenvalue weighted by molar-refractivity contribution is 5.78. The number of rotatable bonds is 9. The lowest BCUT2D eigenvalue weighted by Crippen LogP contribution is -2.31. The molecule has 2 rings (SSSR count). The molecule has 2 aromatic carbocycles. The van der Waals surface area contributed by atoms with Gasteiger partial charge >= 0.3 is 6.18 Å². The van der Waals surface area contributed by atoms with Crippen LogP contribution in [0.4, 0.5) is 13.2 Å². The number of hydrogen-bond acceptors (Lipinski definition) is 4. The zero-order chi connectivity index (χ0) is 21.4. The Morgan fingerprint density at radius 1 is 1.00 bits per heavy atom. The second kappa shape index (κ2) is 10.0. The molecule has 0 spiro atoms. The number of amides is 1. The topological polar surface area (TPSA) is 56.8 Å². The number of carbonyl (C=O) groups excluding carboxylic acids is 1. The molecule has 8 heteroatoms. The lowest BCUT2D eigenvalue weighted by atomic mass is 10.1. The molecular weight excluding hydrogens is 387 g/mol. The molecule has 158 valence electrons. The Morgan fingerprint density at radius 2 is 1.69 bits per heavy atom. The van der Waals surface area contributed by atoms with E-state index in [-0.39, 0.29) is 11.8 Å². The van der Waals surface area contributed by atoms with Crippen molar-refractivity contribution >= 4 is 5.91 Å². The van der Waals surface area contributed by atoms with Gasteiger partial charge in [-0.2, -0.15) is 13.2 Å². The van der Waals surface area contributed by atoms with Crippen LogP contribution in [-0.4, -0.2) is 25.7 Å². The van der Waals surface area contributed by atoms with Gasteiger partial charge < -0.3 is 19.5 Å². The SMILES string of the molecule is CCOc1ccc(C(C)NC(=O)COc2cccc(C(F)(F)F)c2)cc1OCC. The fourth-order valence-corrected chi connectivity index (χ4v) is 2.61. The average molecular weight is 411 g/mol. The highest BCUT2D eigenvalue weighted by atomic mass is 19.4. The number of hydrogen-bond donors (Lipinski definition) is 1. The molecule has 29 heavy (non-hydrogen) atoms. The highest BCUT2D eigenvalue weighted by Gasteiger charge is 2.30. The van der Waals surface area contributed by atoms with E-state index in [2.05, 4.69) is 5.32 Å². The predicted octanol–water partition coefficient (Wildman–Crippen LogP) is 4.76. The minimum atomic E-state index is -4.47. The van der Waals surface area contributed by atoms with Crippen LogP contribution in [0, 0.1) is 0 Å². The molecule has 0 aliphatic carbocycles. The minimum absolute atomic E-state index is 0.0256. The Hall–Kier alpha value is -2.90. The molecule has 2 aromatic rings. The molecule has 0 aromatic heterocycles. The molecule has 0 radical (unpaired) electrons. The summed E-state index contributed by atoms with van der Waals surface area (Å²) < 4.78 is 54.5. The maximum atomic E-state index is 12.7. The number of halogens is 3. The van der Waals surface area contributed by atoms with E-state index in [1.54, 1.807) is 19.1 Å². The van der Waals surface area contributed by atoms with E-state index < -0.39 is 24.3 Å². The average Bonchev–Trinajstić information content (AvgIpc) is 2.67. The van der Waals surface area contributed by atoms with Crippen LogP contribution in [0.3, 0.4) is 0 Å². The summed E-state index contributed by atoms with van der Waals surface area (Å²) in [6.07, 6.45) is -4.47. The molecule has 1 amide bonds. The fraction of sp³-hybridized carbons (Fsp3) is 0.381. The van der Waals surface area contributed by atoms with Crippen molar-refractivity contribution in [2.24, 2.45) is 0 Å². The highest BCUT2D eigenvalue weighted by Crippen LogP contribution is 2.32. The number of benzene rings is 2. The summed E-state index contributed by atoms with van der Waals surface area (Å²) in [5.74, 6) is 0.710. The molecule has 5 nitrogen and oxygen atoms in total. The van der Waals surface area contributed by atoms with Crippen molar-refractivity contribution in [3.8, 4) is 17.2 Å². The summed E-state index contributed by atoms with van der Waals surface area (Å²) in [7, 11) is 0. The van der Waals surface area contributed by atoms with Gasteiger partial charge in [-0.3, -0.25) is 4.79 Å². The second-order valence-electron chi connectivity index (χ2n) is 6.18. The Morgan fingerprint density at radius 3 is 2.34 bits per heavy atom. The van der Waals surface area contributed by atoms with Gasteiger partial charge in [0.2, 0.25) is 0 Å². The first-order valence-electron chi connectivity index (χ1n) is 9.23. The maximum absolute atomic E-state index is 12.7. The molecule has 0 aliphatic rings. The van der Waals surface area contributed by atoms with Crippen molar-refractivity contribution in [2.45, 2.75) is 33.0 Å². The molecule has 0 saturated carbocycles. The van der Waals surface area contributed by atoms with Crippen LogP contribution >= 0.6 is 0 Å². The van der Waals surface area contributed by atoms with Gasteiger partial charge in [-0.25, -0.2) is 0 Å². The lowest BCUT2D eigenvalue weighted by Gasteiger charge is -2.18. The van der Waals surface area contributed by atoms with Crippen LogP contribution in [0.1, 0.15) is 37.9 Å². The molecule has 1 atom stereocenters. The van der Waals surface area contributed by atoms with E-state index in [1.165, 1.54) is 12.1 Å². The second-order valence-corrected chi connectivity index (χ2v) is 6.18. The van der Waals surface area contributed by atoms with E-state index in [1.807, 2.05) is 19.9 Å². The van der Waals surface area contributed by atoms with Crippen molar-refractivity contribution in [3.05, 3.63) is 53.6 Å². The summed E-state index contributed by atoms with van der Waals surface area (Å²) in [6.45, 7) is 6.08. The number of alkyl halides is 3. The molecule has 0 aliphatic heterocycles. The monoisotopic (exact) mass is 411 g/mol. The lowest BCUT2D eigenvalue weighted by molar-refractivity contribution is -0.137. The Labute approximate surface area is 167 Å². The third-order valence-electron chi connectivity index (χ3n) is 3.98. The molecule has 0 bridgehead atoms. The van der Waals surface area contributed by atoms with E-state index in [0.29, 0.717) is 24.7 Å². The Balaban J connectivity index is 1.98. The largest absolute Gasteiger partial charge is 0.490 e.